The first kappa shape index (κ1) is 15.0. The summed E-state index contributed by atoms with van der Waals surface area (Å²) >= 11 is 0. The van der Waals surface area contributed by atoms with Crippen LogP contribution < -0.4 is 11.1 Å². The SMILES string of the molecule is CC1(C)CCCC1C(=O)NC(CN)Cc1ccccc1. The molecule has 1 fully saturated rings. The minimum absolute atomic E-state index is 0.0290. The van der Waals surface area contributed by atoms with Crippen molar-refractivity contribution in [2.45, 2.75) is 45.6 Å². The summed E-state index contributed by atoms with van der Waals surface area (Å²) in [6.45, 7) is 4.87. The Hall–Kier alpha value is -1.35. The third-order valence-electron chi connectivity index (χ3n) is 4.53. The van der Waals surface area contributed by atoms with Gasteiger partial charge in [-0.2, -0.15) is 0 Å². The van der Waals surface area contributed by atoms with Crippen LogP contribution in [0.15, 0.2) is 30.3 Å². The van der Waals surface area contributed by atoms with Crippen LogP contribution in [0.25, 0.3) is 0 Å². The molecule has 1 aliphatic rings. The number of nitrogens with two attached hydrogens (primary N) is 1. The molecule has 0 spiro atoms. The highest BCUT2D eigenvalue weighted by Crippen LogP contribution is 2.42. The largest absolute Gasteiger partial charge is 0.352 e. The van der Waals surface area contributed by atoms with Crippen molar-refractivity contribution in [1.82, 2.24) is 5.32 Å². The highest BCUT2D eigenvalue weighted by molar-refractivity contribution is 5.80. The molecular formula is C17H26N2O. The van der Waals surface area contributed by atoms with Crippen LogP contribution in [0, 0.1) is 11.3 Å². The molecule has 3 N–H and O–H groups in total. The van der Waals surface area contributed by atoms with Gasteiger partial charge in [0.1, 0.15) is 0 Å². The first-order chi connectivity index (χ1) is 9.53. The van der Waals surface area contributed by atoms with Gasteiger partial charge in [0, 0.05) is 18.5 Å². The maximum atomic E-state index is 12.5. The maximum absolute atomic E-state index is 12.5. The fourth-order valence-electron chi connectivity index (χ4n) is 3.21. The first-order valence-electron chi connectivity index (χ1n) is 7.57. The Kier molecular flexibility index (Phi) is 4.81. The molecule has 1 aliphatic carbocycles. The standard InChI is InChI=1S/C17H26N2O/c1-17(2)10-6-9-15(17)16(20)19-14(12-18)11-13-7-4-3-5-8-13/h3-5,7-8,14-15H,6,9-12,18H2,1-2H3,(H,19,20). The molecule has 0 aliphatic heterocycles. The van der Waals surface area contributed by atoms with E-state index in [1.807, 2.05) is 18.2 Å². The second-order valence-electron chi connectivity index (χ2n) is 6.56. The Morgan fingerprint density at radius 2 is 2.10 bits per heavy atom. The van der Waals surface area contributed by atoms with Gasteiger partial charge in [0.2, 0.25) is 5.91 Å². The van der Waals surface area contributed by atoms with Crippen LogP contribution in [0.5, 0.6) is 0 Å². The monoisotopic (exact) mass is 274 g/mol. The van der Waals surface area contributed by atoms with Gasteiger partial charge in [-0.3, -0.25) is 4.79 Å². The summed E-state index contributed by atoms with van der Waals surface area (Å²) in [5.41, 5.74) is 7.16. The Morgan fingerprint density at radius 1 is 1.40 bits per heavy atom. The lowest BCUT2D eigenvalue weighted by atomic mass is 9.81. The molecule has 3 nitrogen and oxygen atoms in total. The van der Waals surface area contributed by atoms with E-state index in [9.17, 15) is 4.79 Å². The van der Waals surface area contributed by atoms with E-state index in [1.165, 1.54) is 5.56 Å². The van der Waals surface area contributed by atoms with E-state index in [4.69, 9.17) is 5.73 Å². The van der Waals surface area contributed by atoms with Gasteiger partial charge in [0.15, 0.2) is 0 Å². The van der Waals surface area contributed by atoms with E-state index >= 15 is 0 Å². The van der Waals surface area contributed by atoms with Crippen molar-refractivity contribution in [3.63, 3.8) is 0 Å². The first-order valence-corrected chi connectivity index (χ1v) is 7.57. The van der Waals surface area contributed by atoms with Crippen LogP contribution in [0.4, 0.5) is 0 Å². The van der Waals surface area contributed by atoms with Gasteiger partial charge >= 0.3 is 0 Å². The molecule has 1 saturated carbocycles. The molecule has 0 saturated heterocycles. The smallest absolute Gasteiger partial charge is 0.223 e. The fraction of sp³-hybridized carbons (Fsp3) is 0.588. The van der Waals surface area contributed by atoms with Crippen molar-refractivity contribution >= 4 is 5.91 Å². The third-order valence-corrected chi connectivity index (χ3v) is 4.53. The molecule has 2 rings (SSSR count). The predicted molar refractivity (Wildman–Crippen MR) is 82.3 cm³/mol. The van der Waals surface area contributed by atoms with Crippen molar-refractivity contribution in [1.29, 1.82) is 0 Å². The van der Waals surface area contributed by atoms with E-state index in [-0.39, 0.29) is 23.3 Å². The number of amides is 1. The van der Waals surface area contributed by atoms with Gasteiger partial charge in [0.25, 0.3) is 0 Å². The van der Waals surface area contributed by atoms with E-state index in [2.05, 4.69) is 31.3 Å². The Bertz CT molecular complexity index is 442. The summed E-state index contributed by atoms with van der Waals surface area (Å²) in [5.74, 6) is 0.311. The molecular weight excluding hydrogens is 248 g/mol. The average molecular weight is 274 g/mol. The highest BCUT2D eigenvalue weighted by Gasteiger charge is 2.39. The van der Waals surface area contributed by atoms with Crippen molar-refractivity contribution < 1.29 is 4.79 Å². The van der Waals surface area contributed by atoms with Gasteiger partial charge in [0.05, 0.1) is 0 Å². The maximum Gasteiger partial charge on any atom is 0.223 e. The lowest BCUT2D eigenvalue weighted by molar-refractivity contribution is -0.128. The third kappa shape index (κ3) is 3.60. The van der Waals surface area contributed by atoms with Crippen molar-refractivity contribution in [3.8, 4) is 0 Å². The van der Waals surface area contributed by atoms with Gasteiger partial charge in [-0.25, -0.2) is 0 Å². The molecule has 20 heavy (non-hydrogen) atoms. The molecule has 110 valence electrons. The number of rotatable bonds is 5. The molecule has 0 radical (unpaired) electrons. The van der Waals surface area contributed by atoms with Crippen LogP contribution >= 0.6 is 0 Å². The second-order valence-corrected chi connectivity index (χ2v) is 6.56. The van der Waals surface area contributed by atoms with E-state index < -0.39 is 0 Å². The molecule has 0 aromatic heterocycles. The molecule has 2 atom stereocenters. The van der Waals surface area contributed by atoms with Crippen molar-refractivity contribution in [3.05, 3.63) is 35.9 Å². The summed E-state index contributed by atoms with van der Waals surface area (Å²) in [7, 11) is 0. The molecule has 1 aromatic rings. The molecule has 1 amide bonds. The summed E-state index contributed by atoms with van der Waals surface area (Å²) in [6, 6.07) is 10.2. The van der Waals surface area contributed by atoms with Crippen LogP contribution in [0.3, 0.4) is 0 Å². The van der Waals surface area contributed by atoms with Crippen molar-refractivity contribution in [2.24, 2.45) is 17.1 Å². The molecule has 1 aromatic carbocycles. The Balaban J connectivity index is 1.95. The molecule has 3 heteroatoms. The van der Waals surface area contributed by atoms with Gasteiger partial charge < -0.3 is 11.1 Å². The predicted octanol–water partition coefficient (Wildman–Crippen LogP) is 2.50. The van der Waals surface area contributed by atoms with E-state index in [0.717, 1.165) is 25.7 Å². The van der Waals surface area contributed by atoms with Gasteiger partial charge in [-0.1, -0.05) is 50.6 Å². The number of nitrogens with one attached hydrogen (secondary N) is 1. The summed E-state index contributed by atoms with van der Waals surface area (Å²) < 4.78 is 0. The Morgan fingerprint density at radius 3 is 2.65 bits per heavy atom. The van der Waals surface area contributed by atoms with Crippen LogP contribution in [-0.2, 0) is 11.2 Å². The van der Waals surface area contributed by atoms with Gasteiger partial charge in [-0.05, 0) is 30.2 Å². The number of benzene rings is 1. The minimum Gasteiger partial charge on any atom is -0.352 e. The summed E-state index contributed by atoms with van der Waals surface area (Å²) in [5, 5.41) is 3.15. The molecule has 0 bridgehead atoms. The quantitative estimate of drug-likeness (QED) is 0.866. The number of hydrogen-bond acceptors (Lipinski definition) is 2. The van der Waals surface area contributed by atoms with E-state index in [0.29, 0.717) is 6.54 Å². The van der Waals surface area contributed by atoms with Crippen LogP contribution in [-0.4, -0.2) is 18.5 Å². The average Bonchev–Trinajstić information content (AvgIpc) is 2.78. The number of carbonyl (C=O) groups is 1. The van der Waals surface area contributed by atoms with Crippen LogP contribution in [0.2, 0.25) is 0 Å². The van der Waals surface area contributed by atoms with Gasteiger partial charge in [-0.15, -0.1) is 0 Å². The second kappa shape index (κ2) is 6.40. The number of hydrogen-bond donors (Lipinski definition) is 2. The highest BCUT2D eigenvalue weighted by atomic mass is 16.2. The lowest BCUT2D eigenvalue weighted by Gasteiger charge is -2.28. The van der Waals surface area contributed by atoms with Crippen LogP contribution in [0.1, 0.15) is 38.7 Å². The van der Waals surface area contributed by atoms with E-state index in [1.54, 1.807) is 0 Å². The lowest BCUT2D eigenvalue weighted by Crippen LogP contribution is -2.46. The Labute approximate surface area is 121 Å². The van der Waals surface area contributed by atoms with Crippen molar-refractivity contribution in [2.75, 3.05) is 6.54 Å². The summed E-state index contributed by atoms with van der Waals surface area (Å²) in [4.78, 5) is 12.5. The zero-order chi connectivity index (χ0) is 14.6. The number of carbonyl (C=O) groups excluding carboxylic acids is 1. The normalized spacial score (nSPS) is 22.4. The fourth-order valence-corrected chi connectivity index (χ4v) is 3.21. The zero-order valence-electron chi connectivity index (χ0n) is 12.6. The minimum atomic E-state index is 0.0290. The zero-order valence-corrected chi connectivity index (χ0v) is 12.6. The topological polar surface area (TPSA) is 55.1 Å². The molecule has 2 unspecified atom stereocenters. The summed E-state index contributed by atoms with van der Waals surface area (Å²) in [6.07, 6.45) is 4.09. The molecule has 0 heterocycles.